The average Bonchev–Trinajstić information content (AvgIpc) is 3.09. The smallest absolute Gasteiger partial charge is 0.255 e. The van der Waals surface area contributed by atoms with Gasteiger partial charge in [0.15, 0.2) is 5.65 Å². The number of aryl methyl sites for hydroxylation is 2. The Hall–Kier alpha value is -2.74. The van der Waals surface area contributed by atoms with Crippen molar-refractivity contribution < 1.29 is 9.53 Å². The van der Waals surface area contributed by atoms with E-state index in [1.807, 2.05) is 27.1 Å². The number of methoxy groups -OCH3 is 1. The molecule has 3 aromatic rings. The molecule has 0 saturated heterocycles. The summed E-state index contributed by atoms with van der Waals surface area (Å²) in [5, 5.41) is 7.20. The topological polar surface area (TPSA) is 97.7 Å². The van der Waals surface area contributed by atoms with Crippen molar-refractivity contribution >= 4 is 17.1 Å². The van der Waals surface area contributed by atoms with Crippen molar-refractivity contribution in [1.82, 2.24) is 30.0 Å². The summed E-state index contributed by atoms with van der Waals surface area (Å²) >= 11 is 0. The molecule has 1 amide bonds. The summed E-state index contributed by atoms with van der Waals surface area (Å²) in [6.45, 7) is 4.24. The summed E-state index contributed by atoms with van der Waals surface area (Å²) in [6.07, 6.45) is 5.19. The molecule has 1 atom stereocenters. The molecule has 126 valence electrons. The Kier molecular flexibility index (Phi) is 4.30. The molecule has 2 N–H and O–H groups in total. The van der Waals surface area contributed by atoms with E-state index in [-0.39, 0.29) is 11.9 Å². The highest BCUT2D eigenvalue weighted by atomic mass is 16.5. The van der Waals surface area contributed by atoms with Crippen molar-refractivity contribution in [2.45, 2.75) is 19.9 Å². The van der Waals surface area contributed by atoms with Gasteiger partial charge < -0.3 is 15.0 Å². The SMILES string of the molecule is COC[C@H](C)NC(=O)c1c[nH]c2ncc(-c3cn(C)nc3C)nc12. The molecule has 0 bridgehead atoms. The number of aromatic amines is 1. The molecular weight excluding hydrogens is 308 g/mol. The number of H-pyrrole nitrogens is 1. The number of nitrogens with zero attached hydrogens (tertiary/aromatic N) is 4. The van der Waals surface area contributed by atoms with Crippen molar-refractivity contribution in [1.29, 1.82) is 0 Å². The molecule has 0 radical (unpaired) electrons. The highest BCUT2D eigenvalue weighted by Gasteiger charge is 2.18. The average molecular weight is 328 g/mol. The number of fused-ring (bicyclic) bond motifs is 1. The fourth-order valence-electron chi connectivity index (χ4n) is 2.64. The van der Waals surface area contributed by atoms with Gasteiger partial charge in [-0.1, -0.05) is 0 Å². The van der Waals surface area contributed by atoms with Crippen molar-refractivity contribution in [3.05, 3.63) is 29.8 Å². The minimum absolute atomic E-state index is 0.0934. The Bertz CT molecular complexity index is 882. The lowest BCUT2D eigenvalue weighted by atomic mass is 10.2. The summed E-state index contributed by atoms with van der Waals surface area (Å²) < 4.78 is 6.77. The quantitative estimate of drug-likeness (QED) is 0.738. The number of nitrogens with one attached hydrogen (secondary N) is 2. The Labute approximate surface area is 139 Å². The minimum atomic E-state index is -0.208. The van der Waals surface area contributed by atoms with Crippen molar-refractivity contribution in [2.24, 2.45) is 7.05 Å². The maximum atomic E-state index is 12.5. The summed E-state index contributed by atoms with van der Waals surface area (Å²) in [4.78, 5) is 24.4. The minimum Gasteiger partial charge on any atom is -0.383 e. The zero-order valence-corrected chi connectivity index (χ0v) is 14.1. The molecule has 3 aromatic heterocycles. The molecule has 0 aliphatic carbocycles. The molecule has 0 spiro atoms. The van der Waals surface area contributed by atoms with Gasteiger partial charge in [0.1, 0.15) is 5.52 Å². The van der Waals surface area contributed by atoms with Gasteiger partial charge in [0.25, 0.3) is 5.91 Å². The zero-order valence-electron chi connectivity index (χ0n) is 14.1. The van der Waals surface area contributed by atoms with Crippen LogP contribution in [0.3, 0.4) is 0 Å². The number of ether oxygens (including phenoxy) is 1. The Morgan fingerprint density at radius 3 is 2.96 bits per heavy atom. The summed E-state index contributed by atoms with van der Waals surface area (Å²) in [5.74, 6) is -0.208. The second kappa shape index (κ2) is 6.40. The fourth-order valence-corrected chi connectivity index (χ4v) is 2.64. The van der Waals surface area contributed by atoms with E-state index < -0.39 is 0 Å². The molecule has 8 heteroatoms. The molecule has 0 aromatic carbocycles. The van der Waals surface area contributed by atoms with Crippen LogP contribution >= 0.6 is 0 Å². The largest absolute Gasteiger partial charge is 0.383 e. The zero-order chi connectivity index (χ0) is 17.3. The van der Waals surface area contributed by atoms with Crippen molar-refractivity contribution in [3.63, 3.8) is 0 Å². The molecule has 0 fully saturated rings. The third-order valence-corrected chi connectivity index (χ3v) is 3.71. The first kappa shape index (κ1) is 16.1. The lowest BCUT2D eigenvalue weighted by Crippen LogP contribution is -2.35. The van der Waals surface area contributed by atoms with Crippen LogP contribution in [0.25, 0.3) is 22.4 Å². The van der Waals surface area contributed by atoms with Crippen LogP contribution < -0.4 is 5.32 Å². The Morgan fingerprint density at radius 1 is 1.50 bits per heavy atom. The number of amides is 1. The number of carbonyl (C=O) groups excluding carboxylic acids is 1. The molecule has 8 nitrogen and oxygen atoms in total. The van der Waals surface area contributed by atoms with Crippen LogP contribution in [0.15, 0.2) is 18.6 Å². The molecule has 0 aliphatic heterocycles. The third-order valence-electron chi connectivity index (χ3n) is 3.71. The van der Waals surface area contributed by atoms with Gasteiger partial charge in [0, 0.05) is 38.2 Å². The van der Waals surface area contributed by atoms with Gasteiger partial charge in [-0.05, 0) is 13.8 Å². The predicted octanol–water partition coefficient (Wildman–Crippen LogP) is 1.43. The molecule has 0 saturated carbocycles. The van der Waals surface area contributed by atoms with Crippen LogP contribution in [-0.4, -0.2) is 50.4 Å². The van der Waals surface area contributed by atoms with Crippen LogP contribution in [0.2, 0.25) is 0 Å². The summed E-state index contributed by atoms with van der Waals surface area (Å²) in [5.41, 5.74) is 4.02. The van der Waals surface area contributed by atoms with E-state index in [4.69, 9.17) is 4.74 Å². The van der Waals surface area contributed by atoms with Crippen molar-refractivity contribution in [2.75, 3.05) is 13.7 Å². The van der Waals surface area contributed by atoms with Gasteiger partial charge in [0.2, 0.25) is 0 Å². The predicted molar refractivity (Wildman–Crippen MR) is 89.6 cm³/mol. The summed E-state index contributed by atoms with van der Waals surface area (Å²) in [6, 6.07) is -0.0934. The molecule has 0 unspecified atom stereocenters. The van der Waals surface area contributed by atoms with E-state index in [1.54, 1.807) is 24.2 Å². The van der Waals surface area contributed by atoms with E-state index >= 15 is 0 Å². The molecular formula is C16H20N6O2. The van der Waals surface area contributed by atoms with E-state index in [0.717, 1.165) is 11.3 Å². The van der Waals surface area contributed by atoms with E-state index in [2.05, 4.69) is 25.4 Å². The Balaban J connectivity index is 1.97. The van der Waals surface area contributed by atoms with E-state index in [9.17, 15) is 4.79 Å². The number of rotatable bonds is 5. The fraction of sp³-hybridized carbons (Fsp3) is 0.375. The van der Waals surface area contributed by atoms with Gasteiger partial charge >= 0.3 is 0 Å². The standard InChI is InChI=1S/C16H20N6O2/c1-9(8-24-4)19-16(23)11-5-17-15-14(11)20-13(6-18-15)12-7-22(3)21-10(12)2/h5-7,9H,8H2,1-4H3,(H,17,18)(H,19,23)/t9-/m0/s1. The third kappa shape index (κ3) is 3.00. The van der Waals surface area contributed by atoms with Gasteiger partial charge in [-0.15, -0.1) is 0 Å². The maximum Gasteiger partial charge on any atom is 0.255 e. The van der Waals surface area contributed by atoms with Gasteiger partial charge in [-0.3, -0.25) is 9.48 Å². The van der Waals surface area contributed by atoms with E-state index in [1.165, 1.54) is 0 Å². The van der Waals surface area contributed by atoms with Crippen LogP contribution in [0.5, 0.6) is 0 Å². The number of carbonyl (C=O) groups is 1. The number of hydrogen-bond acceptors (Lipinski definition) is 5. The van der Waals surface area contributed by atoms with Gasteiger partial charge in [-0.25, -0.2) is 9.97 Å². The normalized spacial score (nSPS) is 12.5. The maximum absolute atomic E-state index is 12.5. The van der Waals surface area contributed by atoms with Gasteiger partial charge in [-0.2, -0.15) is 5.10 Å². The molecule has 3 heterocycles. The lowest BCUT2D eigenvalue weighted by Gasteiger charge is -2.11. The first-order chi connectivity index (χ1) is 11.5. The van der Waals surface area contributed by atoms with Crippen LogP contribution in [0, 0.1) is 6.92 Å². The second-order valence-electron chi connectivity index (χ2n) is 5.79. The second-order valence-corrected chi connectivity index (χ2v) is 5.79. The van der Waals surface area contributed by atoms with Crippen molar-refractivity contribution in [3.8, 4) is 11.3 Å². The van der Waals surface area contributed by atoms with E-state index in [0.29, 0.717) is 29.0 Å². The molecule has 0 aliphatic rings. The summed E-state index contributed by atoms with van der Waals surface area (Å²) in [7, 11) is 3.46. The first-order valence-corrected chi connectivity index (χ1v) is 7.64. The van der Waals surface area contributed by atoms with Gasteiger partial charge in [0.05, 0.1) is 29.8 Å². The van der Waals surface area contributed by atoms with Crippen LogP contribution in [-0.2, 0) is 11.8 Å². The number of hydrogen-bond donors (Lipinski definition) is 2. The molecule has 24 heavy (non-hydrogen) atoms. The first-order valence-electron chi connectivity index (χ1n) is 7.64. The lowest BCUT2D eigenvalue weighted by molar-refractivity contribution is 0.0907. The van der Waals surface area contributed by atoms with Crippen LogP contribution in [0.1, 0.15) is 23.0 Å². The van der Waals surface area contributed by atoms with Crippen LogP contribution in [0.4, 0.5) is 0 Å². The number of aromatic nitrogens is 5. The monoisotopic (exact) mass is 328 g/mol. The Morgan fingerprint density at radius 2 is 2.29 bits per heavy atom. The highest BCUT2D eigenvalue weighted by Crippen LogP contribution is 2.23. The highest BCUT2D eigenvalue weighted by molar-refractivity contribution is 6.04. The molecule has 3 rings (SSSR count).